The lowest BCUT2D eigenvalue weighted by Gasteiger charge is -2.14. The van der Waals surface area contributed by atoms with Crippen LogP contribution in [0.25, 0.3) is 22.2 Å². The normalized spacial score (nSPS) is 10.5. The Morgan fingerprint density at radius 2 is 1.87 bits per heavy atom. The Bertz CT molecular complexity index is 847. The highest BCUT2D eigenvalue weighted by atomic mass is 32.1. The third-order valence-electron chi connectivity index (χ3n) is 3.34. The molecule has 0 spiro atoms. The quantitative estimate of drug-likeness (QED) is 0.670. The maximum atomic E-state index is 11.4. The lowest BCUT2D eigenvalue weighted by Crippen LogP contribution is -2.13. The first-order valence-corrected chi connectivity index (χ1v) is 7.56. The second-order valence-electron chi connectivity index (χ2n) is 4.64. The SMILES string of the molecule is COC(=O)COc1cccc(OC)c1-c1cccc2nsnc12. The van der Waals surface area contributed by atoms with E-state index in [4.69, 9.17) is 9.47 Å². The zero-order valence-corrected chi connectivity index (χ0v) is 13.4. The molecule has 0 aliphatic carbocycles. The predicted octanol–water partition coefficient (Wildman–Crippen LogP) is 2.92. The third-order valence-corrected chi connectivity index (χ3v) is 3.88. The van der Waals surface area contributed by atoms with Gasteiger partial charge in [-0.2, -0.15) is 8.75 Å². The monoisotopic (exact) mass is 330 g/mol. The van der Waals surface area contributed by atoms with Crippen molar-refractivity contribution in [2.75, 3.05) is 20.8 Å². The van der Waals surface area contributed by atoms with Gasteiger partial charge in [0.25, 0.3) is 0 Å². The van der Waals surface area contributed by atoms with Gasteiger partial charge in [-0.15, -0.1) is 0 Å². The topological polar surface area (TPSA) is 70.5 Å². The number of fused-ring (bicyclic) bond motifs is 1. The number of carbonyl (C=O) groups excluding carboxylic acids is 1. The van der Waals surface area contributed by atoms with Crippen molar-refractivity contribution in [3.8, 4) is 22.6 Å². The Hall–Kier alpha value is -2.67. The highest BCUT2D eigenvalue weighted by Gasteiger charge is 2.18. The summed E-state index contributed by atoms with van der Waals surface area (Å²) in [7, 11) is 2.90. The van der Waals surface area contributed by atoms with Gasteiger partial charge in [-0.3, -0.25) is 0 Å². The number of benzene rings is 2. The lowest BCUT2D eigenvalue weighted by molar-refractivity contribution is -0.142. The van der Waals surface area contributed by atoms with Crippen LogP contribution in [0, 0.1) is 0 Å². The van der Waals surface area contributed by atoms with Crippen molar-refractivity contribution >= 4 is 28.7 Å². The molecular formula is C16H14N2O4S. The van der Waals surface area contributed by atoms with Crippen molar-refractivity contribution in [2.45, 2.75) is 0 Å². The van der Waals surface area contributed by atoms with E-state index in [1.54, 1.807) is 19.2 Å². The molecule has 0 saturated heterocycles. The Morgan fingerprint density at radius 3 is 2.65 bits per heavy atom. The molecule has 3 rings (SSSR count). The molecule has 0 atom stereocenters. The second kappa shape index (κ2) is 6.62. The molecule has 0 unspecified atom stereocenters. The van der Waals surface area contributed by atoms with Crippen LogP contribution < -0.4 is 9.47 Å². The van der Waals surface area contributed by atoms with E-state index >= 15 is 0 Å². The number of rotatable bonds is 5. The maximum absolute atomic E-state index is 11.4. The fourth-order valence-electron chi connectivity index (χ4n) is 2.27. The standard InChI is InChI=1S/C16H14N2O4S/c1-20-12-7-4-8-13(22-9-14(19)21-2)15(12)10-5-3-6-11-16(10)18-23-17-11/h3-8H,9H2,1-2H3. The number of ether oxygens (including phenoxy) is 3. The van der Waals surface area contributed by atoms with E-state index in [1.807, 2.05) is 24.3 Å². The van der Waals surface area contributed by atoms with Gasteiger partial charge in [-0.1, -0.05) is 18.2 Å². The van der Waals surface area contributed by atoms with E-state index in [0.29, 0.717) is 11.5 Å². The average molecular weight is 330 g/mol. The van der Waals surface area contributed by atoms with Gasteiger partial charge in [0, 0.05) is 5.56 Å². The van der Waals surface area contributed by atoms with Gasteiger partial charge in [0.15, 0.2) is 6.61 Å². The van der Waals surface area contributed by atoms with Gasteiger partial charge in [0.1, 0.15) is 22.5 Å². The Morgan fingerprint density at radius 1 is 1.09 bits per heavy atom. The number of carbonyl (C=O) groups is 1. The molecule has 0 saturated carbocycles. The molecule has 1 aromatic heterocycles. The first-order valence-electron chi connectivity index (χ1n) is 6.83. The summed E-state index contributed by atoms with van der Waals surface area (Å²) in [5.74, 6) is 0.704. The van der Waals surface area contributed by atoms with E-state index in [9.17, 15) is 4.79 Å². The Balaban J connectivity index is 2.13. The minimum Gasteiger partial charge on any atom is -0.496 e. The zero-order chi connectivity index (χ0) is 16.2. The van der Waals surface area contributed by atoms with Gasteiger partial charge in [0.2, 0.25) is 0 Å². The minimum atomic E-state index is -0.452. The van der Waals surface area contributed by atoms with Gasteiger partial charge in [-0.05, 0) is 18.2 Å². The van der Waals surface area contributed by atoms with E-state index in [0.717, 1.165) is 33.9 Å². The zero-order valence-electron chi connectivity index (χ0n) is 12.6. The first-order chi connectivity index (χ1) is 11.2. The van der Waals surface area contributed by atoms with Crippen molar-refractivity contribution in [1.29, 1.82) is 0 Å². The number of nitrogens with zero attached hydrogens (tertiary/aromatic N) is 2. The lowest BCUT2D eigenvalue weighted by atomic mass is 10.0. The highest BCUT2D eigenvalue weighted by Crippen LogP contribution is 2.41. The molecule has 23 heavy (non-hydrogen) atoms. The Labute approximate surface area is 136 Å². The number of hydrogen-bond donors (Lipinski definition) is 0. The van der Waals surface area contributed by atoms with E-state index in [2.05, 4.69) is 13.5 Å². The number of methoxy groups -OCH3 is 2. The van der Waals surface area contributed by atoms with Crippen molar-refractivity contribution in [3.63, 3.8) is 0 Å². The summed E-state index contributed by atoms with van der Waals surface area (Å²) < 4.78 is 24.3. The van der Waals surface area contributed by atoms with Gasteiger partial charge >= 0.3 is 5.97 Å². The summed E-state index contributed by atoms with van der Waals surface area (Å²) >= 11 is 1.15. The number of hydrogen-bond acceptors (Lipinski definition) is 7. The van der Waals surface area contributed by atoms with Crippen LogP contribution in [0.4, 0.5) is 0 Å². The molecule has 6 nitrogen and oxygen atoms in total. The fraction of sp³-hybridized carbons (Fsp3) is 0.188. The van der Waals surface area contributed by atoms with Gasteiger partial charge in [-0.25, -0.2) is 4.79 Å². The van der Waals surface area contributed by atoms with Crippen LogP contribution in [0.3, 0.4) is 0 Å². The van der Waals surface area contributed by atoms with Crippen LogP contribution in [0.15, 0.2) is 36.4 Å². The van der Waals surface area contributed by atoms with Crippen molar-refractivity contribution in [3.05, 3.63) is 36.4 Å². The molecule has 0 aliphatic rings. The molecule has 0 radical (unpaired) electrons. The van der Waals surface area contributed by atoms with Crippen molar-refractivity contribution in [1.82, 2.24) is 8.75 Å². The molecule has 118 valence electrons. The van der Waals surface area contributed by atoms with Crippen LogP contribution in [0.1, 0.15) is 0 Å². The van der Waals surface area contributed by atoms with Crippen LogP contribution >= 0.6 is 11.7 Å². The summed E-state index contributed by atoms with van der Waals surface area (Å²) in [5.41, 5.74) is 3.15. The summed E-state index contributed by atoms with van der Waals surface area (Å²) in [6.45, 7) is -0.179. The average Bonchev–Trinajstić information content (AvgIpc) is 3.08. The molecule has 0 aliphatic heterocycles. The van der Waals surface area contributed by atoms with Crippen LogP contribution in [0.5, 0.6) is 11.5 Å². The van der Waals surface area contributed by atoms with Gasteiger partial charge < -0.3 is 14.2 Å². The predicted molar refractivity (Wildman–Crippen MR) is 86.9 cm³/mol. The maximum Gasteiger partial charge on any atom is 0.343 e. The van der Waals surface area contributed by atoms with E-state index in [-0.39, 0.29) is 6.61 Å². The Kier molecular flexibility index (Phi) is 4.38. The van der Waals surface area contributed by atoms with Crippen LogP contribution in [-0.4, -0.2) is 35.5 Å². The van der Waals surface area contributed by atoms with Crippen LogP contribution in [0.2, 0.25) is 0 Å². The summed E-state index contributed by atoms with van der Waals surface area (Å²) in [5, 5.41) is 0. The van der Waals surface area contributed by atoms with E-state index in [1.165, 1.54) is 7.11 Å². The molecule has 1 heterocycles. The fourth-order valence-corrected chi connectivity index (χ4v) is 2.82. The minimum absolute atomic E-state index is 0.179. The molecule has 0 amide bonds. The van der Waals surface area contributed by atoms with E-state index < -0.39 is 5.97 Å². The van der Waals surface area contributed by atoms with Crippen molar-refractivity contribution < 1.29 is 19.0 Å². The van der Waals surface area contributed by atoms with Crippen molar-refractivity contribution in [2.24, 2.45) is 0 Å². The highest BCUT2D eigenvalue weighted by molar-refractivity contribution is 7.00. The molecular weight excluding hydrogens is 316 g/mol. The molecule has 0 bridgehead atoms. The number of esters is 1. The largest absolute Gasteiger partial charge is 0.496 e. The molecule has 3 aromatic rings. The summed E-state index contributed by atoms with van der Waals surface area (Å²) in [6.07, 6.45) is 0. The number of aromatic nitrogens is 2. The molecule has 0 fully saturated rings. The second-order valence-corrected chi connectivity index (χ2v) is 5.16. The van der Waals surface area contributed by atoms with Gasteiger partial charge in [0.05, 0.1) is 31.5 Å². The van der Waals surface area contributed by atoms with Crippen LogP contribution in [-0.2, 0) is 9.53 Å². The smallest absolute Gasteiger partial charge is 0.343 e. The first kappa shape index (κ1) is 15.2. The third kappa shape index (κ3) is 2.95. The summed E-state index contributed by atoms with van der Waals surface area (Å²) in [4.78, 5) is 11.4. The molecule has 7 heteroatoms. The molecule has 0 N–H and O–H groups in total. The summed E-state index contributed by atoms with van der Waals surface area (Å²) in [6, 6.07) is 11.1. The molecule has 2 aromatic carbocycles.